The van der Waals surface area contributed by atoms with E-state index >= 15 is 0 Å². The second-order valence-corrected chi connectivity index (χ2v) is 4.99. The van der Waals surface area contributed by atoms with Gasteiger partial charge in [-0.15, -0.1) is 0 Å². The van der Waals surface area contributed by atoms with Crippen molar-refractivity contribution < 1.29 is 4.79 Å². The minimum atomic E-state index is -0.111. The molecule has 0 atom stereocenters. The monoisotopic (exact) mass is 288 g/mol. The Morgan fingerprint density at radius 3 is 2.27 bits per heavy atom. The molecule has 0 unspecified atom stereocenters. The third kappa shape index (κ3) is 3.38. The Bertz CT molecular complexity index is 737. The van der Waals surface area contributed by atoms with Crippen LogP contribution in [0.1, 0.15) is 15.9 Å². The number of benzene rings is 2. The van der Waals surface area contributed by atoms with E-state index in [4.69, 9.17) is 0 Å². The summed E-state index contributed by atoms with van der Waals surface area (Å²) in [5.41, 5.74) is 4.00. The van der Waals surface area contributed by atoms with Gasteiger partial charge in [0.1, 0.15) is 0 Å². The highest BCUT2D eigenvalue weighted by molar-refractivity contribution is 5.93. The van der Waals surface area contributed by atoms with Crippen LogP contribution in [0, 0.1) is 0 Å². The van der Waals surface area contributed by atoms with Crippen LogP contribution in [-0.2, 0) is 6.54 Å². The number of nitrogens with one attached hydrogen (secondary N) is 1. The molecule has 0 aliphatic heterocycles. The van der Waals surface area contributed by atoms with Gasteiger partial charge in [0.15, 0.2) is 0 Å². The number of hydrogen-bond acceptors (Lipinski definition) is 2. The molecule has 1 aromatic heterocycles. The third-order valence-electron chi connectivity index (χ3n) is 3.44. The zero-order chi connectivity index (χ0) is 15.2. The van der Waals surface area contributed by atoms with Gasteiger partial charge in [-0.1, -0.05) is 54.6 Å². The summed E-state index contributed by atoms with van der Waals surface area (Å²) in [5.74, 6) is -0.111. The molecule has 0 bridgehead atoms. The SMILES string of the molecule is O=C(NCc1ccc(-c2ccccc2)cc1)c1cccnc1. The van der Waals surface area contributed by atoms with Crippen molar-refractivity contribution in [3.8, 4) is 11.1 Å². The number of carbonyl (C=O) groups excluding carboxylic acids is 1. The van der Waals surface area contributed by atoms with Gasteiger partial charge >= 0.3 is 0 Å². The maximum Gasteiger partial charge on any atom is 0.253 e. The van der Waals surface area contributed by atoms with Crippen LogP contribution >= 0.6 is 0 Å². The first-order chi connectivity index (χ1) is 10.8. The van der Waals surface area contributed by atoms with Gasteiger partial charge in [-0.3, -0.25) is 9.78 Å². The van der Waals surface area contributed by atoms with Crippen LogP contribution in [0.2, 0.25) is 0 Å². The summed E-state index contributed by atoms with van der Waals surface area (Å²) < 4.78 is 0. The number of nitrogens with zero attached hydrogens (tertiary/aromatic N) is 1. The Morgan fingerprint density at radius 2 is 1.59 bits per heavy atom. The van der Waals surface area contributed by atoms with E-state index in [9.17, 15) is 4.79 Å². The van der Waals surface area contributed by atoms with Gasteiger partial charge in [0, 0.05) is 18.9 Å². The summed E-state index contributed by atoms with van der Waals surface area (Å²) in [6, 6.07) is 21.9. The molecular formula is C19H16N2O. The summed E-state index contributed by atoms with van der Waals surface area (Å²) in [6.07, 6.45) is 3.22. The van der Waals surface area contributed by atoms with Gasteiger partial charge in [-0.2, -0.15) is 0 Å². The molecule has 3 heteroatoms. The van der Waals surface area contributed by atoms with Gasteiger partial charge in [-0.05, 0) is 28.8 Å². The van der Waals surface area contributed by atoms with E-state index in [0.717, 1.165) is 5.56 Å². The predicted octanol–water partition coefficient (Wildman–Crippen LogP) is 3.68. The molecule has 1 amide bonds. The summed E-state index contributed by atoms with van der Waals surface area (Å²) in [7, 11) is 0. The van der Waals surface area contributed by atoms with Crippen molar-refractivity contribution in [2.45, 2.75) is 6.54 Å². The van der Waals surface area contributed by atoms with E-state index in [1.165, 1.54) is 11.1 Å². The molecule has 0 aliphatic carbocycles. The number of hydrogen-bond donors (Lipinski definition) is 1. The lowest BCUT2D eigenvalue weighted by molar-refractivity contribution is 0.0950. The second kappa shape index (κ2) is 6.68. The molecule has 0 spiro atoms. The molecule has 0 aliphatic rings. The highest BCUT2D eigenvalue weighted by atomic mass is 16.1. The first kappa shape index (κ1) is 14.0. The highest BCUT2D eigenvalue weighted by Gasteiger charge is 2.04. The molecule has 0 saturated heterocycles. The zero-order valence-electron chi connectivity index (χ0n) is 12.1. The van der Waals surface area contributed by atoms with Crippen LogP contribution in [0.25, 0.3) is 11.1 Å². The number of amides is 1. The Labute approximate surface area is 129 Å². The fraction of sp³-hybridized carbons (Fsp3) is 0.0526. The maximum absolute atomic E-state index is 12.0. The Morgan fingerprint density at radius 1 is 0.864 bits per heavy atom. The lowest BCUT2D eigenvalue weighted by atomic mass is 10.0. The van der Waals surface area contributed by atoms with Gasteiger partial charge in [-0.25, -0.2) is 0 Å². The molecule has 0 radical (unpaired) electrons. The van der Waals surface area contributed by atoms with E-state index in [1.807, 2.05) is 30.3 Å². The lowest BCUT2D eigenvalue weighted by Gasteiger charge is -2.07. The average Bonchev–Trinajstić information content (AvgIpc) is 2.61. The fourth-order valence-electron chi connectivity index (χ4n) is 2.23. The number of rotatable bonds is 4. The fourth-order valence-corrected chi connectivity index (χ4v) is 2.23. The normalized spacial score (nSPS) is 10.2. The molecular weight excluding hydrogens is 272 g/mol. The molecule has 3 rings (SSSR count). The first-order valence-electron chi connectivity index (χ1n) is 7.15. The zero-order valence-corrected chi connectivity index (χ0v) is 12.1. The molecule has 3 nitrogen and oxygen atoms in total. The standard InChI is InChI=1S/C19H16N2O/c22-19(18-7-4-12-20-14-18)21-13-15-8-10-17(11-9-15)16-5-2-1-3-6-16/h1-12,14H,13H2,(H,21,22). The quantitative estimate of drug-likeness (QED) is 0.795. The Kier molecular flexibility index (Phi) is 4.25. The lowest BCUT2D eigenvalue weighted by Crippen LogP contribution is -2.22. The average molecular weight is 288 g/mol. The van der Waals surface area contributed by atoms with Crippen LogP contribution < -0.4 is 5.32 Å². The molecule has 2 aromatic carbocycles. The van der Waals surface area contributed by atoms with Crippen LogP contribution in [-0.4, -0.2) is 10.9 Å². The van der Waals surface area contributed by atoms with Crippen molar-refractivity contribution in [3.63, 3.8) is 0 Å². The number of pyridine rings is 1. The largest absolute Gasteiger partial charge is 0.348 e. The van der Waals surface area contributed by atoms with Crippen molar-refractivity contribution in [2.75, 3.05) is 0 Å². The smallest absolute Gasteiger partial charge is 0.253 e. The minimum absolute atomic E-state index is 0.111. The van der Waals surface area contributed by atoms with E-state index < -0.39 is 0 Å². The van der Waals surface area contributed by atoms with Crippen molar-refractivity contribution in [2.24, 2.45) is 0 Å². The Balaban J connectivity index is 1.63. The molecule has 0 saturated carbocycles. The molecule has 108 valence electrons. The summed E-state index contributed by atoms with van der Waals surface area (Å²) in [4.78, 5) is 15.9. The van der Waals surface area contributed by atoms with Crippen molar-refractivity contribution in [3.05, 3.63) is 90.3 Å². The molecule has 22 heavy (non-hydrogen) atoms. The van der Waals surface area contributed by atoms with Gasteiger partial charge < -0.3 is 5.32 Å². The maximum atomic E-state index is 12.0. The van der Waals surface area contributed by atoms with E-state index in [2.05, 4.69) is 34.6 Å². The molecule has 1 N–H and O–H groups in total. The van der Waals surface area contributed by atoms with Crippen LogP contribution in [0.3, 0.4) is 0 Å². The summed E-state index contributed by atoms with van der Waals surface area (Å²) in [5, 5.41) is 2.90. The molecule has 3 aromatic rings. The minimum Gasteiger partial charge on any atom is -0.348 e. The van der Waals surface area contributed by atoms with Crippen molar-refractivity contribution in [1.82, 2.24) is 10.3 Å². The van der Waals surface area contributed by atoms with Crippen LogP contribution in [0.15, 0.2) is 79.1 Å². The van der Waals surface area contributed by atoms with Crippen molar-refractivity contribution in [1.29, 1.82) is 0 Å². The van der Waals surface area contributed by atoms with E-state index in [-0.39, 0.29) is 5.91 Å². The molecule has 1 heterocycles. The van der Waals surface area contributed by atoms with E-state index in [1.54, 1.807) is 24.5 Å². The van der Waals surface area contributed by atoms with Crippen molar-refractivity contribution >= 4 is 5.91 Å². The van der Waals surface area contributed by atoms with Crippen LogP contribution in [0.4, 0.5) is 0 Å². The van der Waals surface area contributed by atoms with Gasteiger partial charge in [0.2, 0.25) is 0 Å². The molecule has 0 fully saturated rings. The second-order valence-electron chi connectivity index (χ2n) is 4.99. The highest BCUT2D eigenvalue weighted by Crippen LogP contribution is 2.19. The third-order valence-corrected chi connectivity index (χ3v) is 3.44. The van der Waals surface area contributed by atoms with Gasteiger partial charge in [0.05, 0.1) is 5.56 Å². The topological polar surface area (TPSA) is 42.0 Å². The summed E-state index contributed by atoms with van der Waals surface area (Å²) in [6.45, 7) is 0.503. The van der Waals surface area contributed by atoms with E-state index in [0.29, 0.717) is 12.1 Å². The van der Waals surface area contributed by atoms with Gasteiger partial charge in [0.25, 0.3) is 5.91 Å². The number of carbonyl (C=O) groups is 1. The predicted molar refractivity (Wildman–Crippen MR) is 87.3 cm³/mol. The Hall–Kier alpha value is -2.94. The summed E-state index contributed by atoms with van der Waals surface area (Å²) >= 11 is 0. The van der Waals surface area contributed by atoms with Crippen LogP contribution in [0.5, 0.6) is 0 Å². The first-order valence-corrected chi connectivity index (χ1v) is 7.15. The number of aromatic nitrogens is 1.